The van der Waals surface area contributed by atoms with E-state index in [1.807, 2.05) is 0 Å². The Morgan fingerprint density at radius 1 is 1.88 bits per heavy atom. The van der Waals surface area contributed by atoms with Crippen molar-refractivity contribution in [3.05, 3.63) is 0 Å². The van der Waals surface area contributed by atoms with Crippen LogP contribution in [0.25, 0.3) is 0 Å². The fraction of sp³-hybridized carbons (Fsp3) is 0.750. The van der Waals surface area contributed by atoms with Crippen LogP contribution >= 0.6 is 12.6 Å². The number of hydrogen-bond donors (Lipinski definition) is 3. The predicted octanol–water partition coefficient (Wildman–Crippen LogP) is -0.881. The lowest BCUT2D eigenvalue weighted by molar-refractivity contribution is -0.119. The van der Waals surface area contributed by atoms with Crippen molar-refractivity contribution in [1.82, 2.24) is 0 Å². The predicted molar refractivity (Wildman–Crippen MR) is 35.6 cm³/mol. The molecule has 0 heterocycles. The molecular formula is C4H10N2OS. The first-order valence-corrected chi connectivity index (χ1v) is 2.68. The van der Waals surface area contributed by atoms with Gasteiger partial charge in [-0.3, -0.25) is 4.79 Å². The molecule has 0 saturated carbocycles. The molecular weight excluding hydrogens is 124 g/mol. The van der Waals surface area contributed by atoms with Crippen molar-refractivity contribution >= 4 is 18.5 Å². The molecule has 1 unspecified atom stereocenters. The minimum atomic E-state index is -0.847. The molecule has 0 saturated heterocycles. The molecule has 0 rings (SSSR count). The van der Waals surface area contributed by atoms with E-state index in [0.717, 1.165) is 0 Å². The van der Waals surface area contributed by atoms with E-state index >= 15 is 0 Å². The Morgan fingerprint density at radius 2 is 2.25 bits per heavy atom. The Morgan fingerprint density at radius 3 is 2.25 bits per heavy atom. The molecule has 0 bridgehead atoms. The molecule has 8 heavy (non-hydrogen) atoms. The molecule has 1 atom stereocenters. The molecule has 4 heteroatoms. The standard InChI is InChI=1S/C4H10N2OS/c1-4(8,2-5)3(6)7/h8H,2,5H2,1H3,(H2,6,7). The molecule has 0 radical (unpaired) electrons. The molecule has 0 aliphatic heterocycles. The lowest BCUT2D eigenvalue weighted by atomic mass is 10.1. The molecule has 0 spiro atoms. The smallest absolute Gasteiger partial charge is 0.234 e. The van der Waals surface area contributed by atoms with Gasteiger partial charge in [-0.1, -0.05) is 0 Å². The van der Waals surface area contributed by atoms with Gasteiger partial charge in [-0.2, -0.15) is 12.6 Å². The van der Waals surface area contributed by atoms with Crippen LogP contribution in [0.4, 0.5) is 0 Å². The fourth-order valence-corrected chi connectivity index (χ4v) is 0.101. The van der Waals surface area contributed by atoms with Gasteiger partial charge in [-0.15, -0.1) is 0 Å². The lowest BCUT2D eigenvalue weighted by Gasteiger charge is -2.14. The third-order valence-corrected chi connectivity index (χ3v) is 1.33. The number of carbonyl (C=O) groups excluding carboxylic acids is 1. The zero-order valence-corrected chi connectivity index (χ0v) is 5.61. The maximum atomic E-state index is 10.3. The van der Waals surface area contributed by atoms with Gasteiger partial charge in [0, 0.05) is 6.54 Å². The maximum absolute atomic E-state index is 10.3. The third kappa shape index (κ3) is 1.71. The van der Waals surface area contributed by atoms with E-state index < -0.39 is 10.7 Å². The van der Waals surface area contributed by atoms with Crippen molar-refractivity contribution in [3.8, 4) is 0 Å². The van der Waals surface area contributed by atoms with Crippen molar-refractivity contribution in [2.24, 2.45) is 11.5 Å². The van der Waals surface area contributed by atoms with Gasteiger partial charge in [0.05, 0.1) is 0 Å². The Labute approximate surface area is 53.8 Å². The van der Waals surface area contributed by atoms with E-state index in [0.29, 0.717) is 0 Å². The summed E-state index contributed by atoms with van der Waals surface area (Å²) in [4.78, 5) is 10.3. The van der Waals surface area contributed by atoms with Crippen molar-refractivity contribution < 1.29 is 4.79 Å². The summed E-state index contributed by atoms with van der Waals surface area (Å²) in [6.45, 7) is 1.75. The Bertz CT molecular complexity index is 102. The average Bonchev–Trinajstić information content (AvgIpc) is 1.67. The van der Waals surface area contributed by atoms with E-state index in [-0.39, 0.29) is 6.54 Å². The summed E-state index contributed by atoms with van der Waals surface area (Å²) in [5.74, 6) is -0.483. The summed E-state index contributed by atoms with van der Waals surface area (Å²) >= 11 is 3.88. The van der Waals surface area contributed by atoms with Gasteiger partial charge in [0.1, 0.15) is 4.75 Å². The first-order chi connectivity index (χ1) is 3.50. The highest BCUT2D eigenvalue weighted by atomic mass is 32.1. The van der Waals surface area contributed by atoms with Gasteiger partial charge in [-0.25, -0.2) is 0 Å². The SMILES string of the molecule is CC(S)(CN)C(N)=O. The number of rotatable bonds is 2. The zero-order chi connectivity index (χ0) is 6.78. The zero-order valence-electron chi connectivity index (χ0n) is 4.72. The Balaban J connectivity index is 3.91. The van der Waals surface area contributed by atoms with Gasteiger partial charge in [0.2, 0.25) is 5.91 Å². The van der Waals surface area contributed by atoms with E-state index in [2.05, 4.69) is 12.6 Å². The van der Waals surface area contributed by atoms with Gasteiger partial charge in [-0.05, 0) is 6.92 Å². The monoisotopic (exact) mass is 134 g/mol. The van der Waals surface area contributed by atoms with Crippen LogP contribution < -0.4 is 11.5 Å². The quantitative estimate of drug-likeness (QED) is 0.429. The van der Waals surface area contributed by atoms with Crippen LogP contribution in [0.1, 0.15) is 6.92 Å². The van der Waals surface area contributed by atoms with Gasteiger partial charge in [0.15, 0.2) is 0 Å². The maximum Gasteiger partial charge on any atom is 0.234 e. The van der Waals surface area contributed by atoms with Crippen LogP contribution in [0.3, 0.4) is 0 Å². The number of primary amides is 1. The Kier molecular flexibility index (Phi) is 2.30. The summed E-state index contributed by atoms with van der Waals surface area (Å²) < 4.78 is -0.847. The number of thiol groups is 1. The third-order valence-electron chi connectivity index (χ3n) is 0.928. The van der Waals surface area contributed by atoms with E-state index in [4.69, 9.17) is 11.5 Å². The van der Waals surface area contributed by atoms with Crippen molar-refractivity contribution in [2.75, 3.05) is 6.54 Å². The van der Waals surface area contributed by atoms with Gasteiger partial charge < -0.3 is 11.5 Å². The normalized spacial score (nSPS) is 17.4. The van der Waals surface area contributed by atoms with Crippen molar-refractivity contribution in [3.63, 3.8) is 0 Å². The molecule has 4 N–H and O–H groups in total. The number of hydrogen-bond acceptors (Lipinski definition) is 3. The molecule has 0 aromatic carbocycles. The second-order valence-corrected chi connectivity index (χ2v) is 2.83. The summed E-state index contributed by atoms with van der Waals surface area (Å²) in [5, 5.41) is 0. The highest BCUT2D eigenvalue weighted by Crippen LogP contribution is 2.08. The summed E-state index contributed by atoms with van der Waals surface area (Å²) in [6, 6.07) is 0. The van der Waals surface area contributed by atoms with Crippen LogP contribution in [0.5, 0.6) is 0 Å². The number of nitrogens with two attached hydrogens (primary N) is 2. The van der Waals surface area contributed by atoms with Crippen LogP contribution in [0.2, 0.25) is 0 Å². The highest BCUT2D eigenvalue weighted by Gasteiger charge is 2.23. The molecule has 0 aliphatic rings. The van der Waals surface area contributed by atoms with E-state index in [1.165, 1.54) is 0 Å². The molecule has 0 aromatic rings. The van der Waals surface area contributed by atoms with Crippen LogP contribution in [0.15, 0.2) is 0 Å². The summed E-state index contributed by atoms with van der Waals surface area (Å²) in [6.07, 6.45) is 0. The summed E-state index contributed by atoms with van der Waals surface area (Å²) in [7, 11) is 0. The average molecular weight is 134 g/mol. The molecule has 3 nitrogen and oxygen atoms in total. The molecule has 0 aromatic heterocycles. The summed E-state index contributed by atoms with van der Waals surface area (Å²) in [5.41, 5.74) is 10.0. The Hall–Kier alpha value is -0.220. The molecule has 1 amide bonds. The van der Waals surface area contributed by atoms with Crippen LogP contribution in [-0.4, -0.2) is 17.2 Å². The van der Waals surface area contributed by atoms with Gasteiger partial charge >= 0.3 is 0 Å². The highest BCUT2D eigenvalue weighted by molar-refractivity contribution is 7.82. The second kappa shape index (κ2) is 2.37. The fourth-order valence-electron chi connectivity index (χ4n) is 0.101. The minimum Gasteiger partial charge on any atom is -0.368 e. The van der Waals surface area contributed by atoms with Gasteiger partial charge in [0.25, 0.3) is 0 Å². The molecule has 0 fully saturated rings. The number of carbonyl (C=O) groups is 1. The van der Waals surface area contributed by atoms with Crippen molar-refractivity contribution in [1.29, 1.82) is 0 Å². The topological polar surface area (TPSA) is 69.1 Å². The first kappa shape index (κ1) is 7.78. The second-order valence-electron chi connectivity index (χ2n) is 1.84. The van der Waals surface area contributed by atoms with E-state index in [9.17, 15) is 4.79 Å². The lowest BCUT2D eigenvalue weighted by Crippen LogP contribution is -2.42. The van der Waals surface area contributed by atoms with E-state index in [1.54, 1.807) is 6.92 Å². The van der Waals surface area contributed by atoms with Crippen molar-refractivity contribution in [2.45, 2.75) is 11.7 Å². The molecule has 48 valence electrons. The number of amides is 1. The largest absolute Gasteiger partial charge is 0.368 e. The minimum absolute atomic E-state index is 0.172. The van der Waals surface area contributed by atoms with Crippen LogP contribution in [0, 0.1) is 0 Å². The first-order valence-electron chi connectivity index (χ1n) is 2.23. The molecule has 0 aliphatic carbocycles. The van der Waals surface area contributed by atoms with Crippen LogP contribution in [-0.2, 0) is 4.79 Å².